The summed E-state index contributed by atoms with van der Waals surface area (Å²) in [6, 6.07) is 8.37. The van der Waals surface area contributed by atoms with Crippen LogP contribution in [0.1, 0.15) is 37.8 Å². The minimum absolute atomic E-state index is 0.00420. The number of hydrogen-bond acceptors (Lipinski definition) is 3. The number of hydrazine groups is 1. The highest BCUT2D eigenvalue weighted by Gasteiger charge is 2.48. The molecule has 7 heteroatoms. The lowest BCUT2D eigenvalue weighted by Crippen LogP contribution is -2.43. The molecule has 140 valence electrons. The molecule has 4 nitrogen and oxygen atoms in total. The van der Waals surface area contributed by atoms with E-state index < -0.39 is 18.1 Å². The highest BCUT2D eigenvalue weighted by molar-refractivity contribution is 5.90. The van der Waals surface area contributed by atoms with E-state index >= 15 is 0 Å². The van der Waals surface area contributed by atoms with E-state index in [1.54, 1.807) is 18.2 Å². The van der Waals surface area contributed by atoms with Gasteiger partial charge in [0.15, 0.2) is 6.04 Å². The van der Waals surface area contributed by atoms with Crippen LogP contribution in [-0.2, 0) is 4.79 Å². The smallest absolute Gasteiger partial charge is 0.410 e. The third-order valence-electron chi connectivity index (χ3n) is 4.42. The van der Waals surface area contributed by atoms with Crippen molar-refractivity contribution in [3.63, 3.8) is 0 Å². The van der Waals surface area contributed by atoms with Crippen LogP contribution in [0.3, 0.4) is 0 Å². The molecular formula is C19H21F3N2O2. The van der Waals surface area contributed by atoms with Crippen LogP contribution in [0.15, 0.2) is 36.4 Å². The Hall–Kier alpha value is -2.28. The lowest BCUT2D eigenvalue weighted by atomic mass is 9.99. The van der Waals surface area contributed by atoms with Crippen LogP contribution in [0.4, 0.5) is 13.2 Å². The maximum absolute atomic E-state index is 13.9. The van der Waals surface area contributed by atoms with Crippen LogP contribution in [0, 0.1) is 0 Å². The van der Waals surface area contributed by atoms with Gasteiger partial charge in [-0.3, -0.25) is 10.2 Å². The fourth-order valence-corrected chi connectivity index (χ4v) is 3.16. The van der Waals surface area contributed by atoms with Gasteiger partial charge in [-0.15, -0.1) is 0 Å². The summed E-state index contributed by atoms with van der Waals surface area (Å²) in [7, 11) is 0. The number of carbonyl (C=O) groups excluding carboxylic acids is 1. The summed E-state index contributed by atoms with van der Waals surface area (Å²) in [5, 5.41) is 2.41. The molecule has 2 aromatic carbocycles. The fraction of sp³-hybridized carbons (Fsp3) is 0.421. The number of amides is 1. The van der Waals surface area contributed by atoms with Gasteiger partial charge in [-0.25, -0.2) is 5.01 Å². The Labute approximate surface area is 149 Å². The number of unbranched alkanes of at least 4 members (excludes halogenated alkanes) is 1. The quantitative estimate of drug-likeness (QED) is 0.773. The average molecular weight is 366 g/mol. The number of nitrogens with zero attached hydrogens (tertiary/aromatic N) is 1. The van der Waals surface area contributed by atoms with Crippen molar-refractivity contribution >= 4 is 16.7 Å². The number of fused-ring (bicyclic) bond motifs is 1. The van der Waals surface area contributed by atoms with E-state index in [1.807, 2.05) is 19.1 Å². The third kappa shape index (κ3) is 3.77. The first-order valence-corrected chi connectivity index (χ1v) is 8.69. The summed E-state index contributed by atoms with van der Waals surface area (Å²) in [6.07, 6.45) is -2.88. The maximum Gasteiger partial charge on any atom is 0.410 e. The fourth-order valence-electron chi connectivity index (χ4n) is 3.16. The lowest BCUT2D eigenvalue weighted by molar-refractivity contribution is -0.191. The van der Waals surface area contributed by atoms with E-state index in [1.165, 1.54) is 6.07 Å². The summed E-state index contributed by atoms with van der Waals surface area (Å²) in [5.41, 5.74) is 2.34. The molecule has 0 radical (unpaired) electrons. The van der Waals surface area contributed by atoms with E-state index in [0.717, 1.165) is 23.2 Å². The van der Waals surface area contributed by atoms with Gasteiger partial charge < -0.3 is 4.74 Å². The Morgan fingerprint density at radius 3 is 2.65 bits per heavy atom. The molecule has 1 atom stereocenters. The molecule has 3 rings (SSSR count). The molecule has 0 spiro atoms. The minimum Gasteiger partial charge on any atom is -0.493 e. The number of nitrogens with one attached hydrogen (secondary N) is 1. The minimum atomic E-state index is -4.55. The van der Waals surface area contributed by atoms with Gasteiger partial charge in [-0.2, -0.15) is 13.2 Å². The van der Waals surface area contributed by atoms with Crippen molar-refractivity contribution in [2.24, 2.45) is 0 Å². The predicted octanol–water partition coefficient (Wildman–Crippen LogP) is 4.36. The molecule has 0 aliphatic carbocycles. The highest BCUT2D eigenvalue weighted by Crippen LogP contribution is 2.44. The van der Waals surface area contributed by atoms with Crippen LogP contribution in [-0.4, -0.2) is 30.2 Å². The van der Waals surface area contributed by atoms with E-state index in [-0.39, 0.29) is 24.3 Å². The summed E-state index contributed by atoms with van der Waals surface area (Å²) >= 11 is 0. The van der Waals surface area contributed by atoms with Crippen LogP contribution in [0.5, 0.6) is 5.75 Å². The molecule has 1 unspecified atom stereocenters. The average Bonchev–Trinajstić information content (AvgIpc) is 3.01. The van der Waals surface area contributed by atoms with Gasteiger partial charge in [-0.05, 0) is 11.8 Å². The zero-order valence-electron chi connectivity index (χ0n) is 14.5. The highest BCUT2D eigenvalue weighted by atomic mass is 19.4. The molecule has 1 N–H and O–H groups in total. The molecule has 1 amide bonds. The van der Waals surface area contributed by atoms with Crippen LogP contribution in [0.2, 0.25) is 0 Å². The molecular weight excluding hydrogens is 345 g/mol. The van der Waals surface area contributed by atoms with Crippen LogP contribution in [0.25, 0.3) is 10.8 Å². The van der Waals surface area contributed by atoms with Crippen molar-refractivity contribution in [3.8, 4) is 5.75 Å². The first kappa shape index (κ1) is 18.5. The number of ether oxygens (including phenoxy) is 1. The van der Waals surface area contributed by atoms with Crippen molar-refractivity contribution in [2.75, 3.05) is 13.2 Å². The molecule has 0 bridgehead atoms. The zero-order valence-corrected chi connectivity index (χ0v) is 14.5. The maximum atomic E-state index is 13.9. The van der Waals surface area contributed by atoms with Crippen LogP contribution >= 0.6 is 0 Å². The molecule has 1 heterocycles. The largest absolute Gasteiger partial charge is 0.493 e. The number of benzene rings is 2. The molecule has 1 aliphatic heterocycles. The van der Waals surface area contributed by atoms with Gasteiger partial charge in [0.1, 0.15) is 5.75 Å². The second kappa shape index (κ2) is 7.53. The normalized spacial score (nSPS) is 16.7. The van der Waals surface area contributed by atoms with Gasteiger partial charge >= 0.3 is 6.18 Å². The number of alkyl halides is 3. The third-order valence-corrected chi connectivity index (χ3v) is 4.42. The SMILES string of the molecule is CCCCOc1c(C(N2CCC(=O)N2)C(F)(F)F)ccc2ccccc12. The van der Waals surface area contributed by atoms with E-state index in [2.05, 4.69) is 5.43 Å². The molecule has 0 saturated carbocycles. The number of halogens is 3. The second-order valence-corrected chi connectivity index (χ2v) is 6.33. The van der Waals surface area contributed by atoms with Gasteiger partial charge in [-0.1, -0.05) is 49.7 Å². The van der Waals surface area contributed by atoms with Gasteiger partial charge in [0.2, 0.25) is 5.91 Å². The predicted molar refractivity (Wildman–Crippen MR) is 92.6 cm³/mol. The van der Waals surface area contributed by atoms with Gasteiger partial charge in [0, 0.05) is 23.9 Å². The van der Waals surface area contributed by atoms with Crippen molar-refractivity contribution in [2.45, 2.75) is 38.4 Å². The molecule has 2 aromatic rings. The van der Waals surface area contributed by atoms with Crippen LogP contribution < -0.4 is 10.2 Å². The summed E-state index contributed by atoms with van der Waals surface area (Å²) in [5.74, 6) is -0.173. The standard InChI is InChI=1S/C19H21F3N2O2/c1-2-3-12-26-17-14-7-5-4-6-13(14)8-9-15(17)18(19(20,21)22)24-11-10-16(25)23-24/h4-9,18H,2-3,10-12H2,1H3,(H,23,25). The Morgan fingerprint density at radius 2 is 2.00 bits per heavy atom. The Morgan fingerprint density at radius 1 is 1.23 bits per heavy atom. The monoisotopic (exact) mass is 366 g/mol. The molecule has 1 saturated heterocycles. The number of hydrogen-bond donors (Lipinski definition) is 1. The topological polar surface area (TPSA) is 41.6 Å². The summed E-state index contributed by atoms with van der Waals surface area (Å²) < 4.78 is 47.5. The first-order chi connectivity index (χ1) is 12.4. The molecule has 26 heavy (non-hydrogen) atoms. The van der Waals surface area contributed by atoms with Crippen molar-refractivity contribution in [1.82, 2.24) is 10.4 Å². The lowest BCUT2D eigenvalue weighted by Gasteiger charge is -2.31. The number of carbonyl (C=O) groups is 1. The Balaban J connectivity index is 2.10. The van der Waals surface area contributed by atoms with Gasteiger partial charge in [0.25, 0.3) is 0 Å². The van der Waals surface area contributed by atoms with E-state index in [4.69, 9.17) is 4.74 Å². The Bertz CT molecular complexity index is 792. The summed E-state index contributed by atoms with van der Waals surface area (Å²) in [4.78, 5) is 11.5. The summed E-state index contributed by atoms with van der Waals surface area (Å²) in [6.45, 7) is 2.34. The first-order valence-electron chi connectivity index (χ1n) is 8.69. The Kier molecular flexibility index (Phi) is 5.36. The van der Waals surface area contributed by atoms with Gasteiger partial charge in [0.05, 0.1) is 6.61 Å². The van der Waals surface area contributed by atoms with E-state index in [0.29, 0.717) is 12.0 Å². The zero-order chi connectivity index (χ0) is 18.7. The van der Waals surface area contributed by atoms with E-state index in [9.17, 15) is 18.0 Å². The second-order valence-electron chi connectivity index (χ2n) is 6.33. The number of rotatable bonds is 6. The van der Waals surface area contributed by atoms with Crippen molar-refractivity contribution in [3.05, 3.63) is 42.0 Å². The van der Waals surface area contributed by atoms with Crippen molar-refractivity contribution in [1.29, 1.82) is 0 Å². The molecule has 0 aromatic heterocycles. The molecule has 1 aliphatic rings. The molecule has 1 fully saturated rings. The van der Waals surface area contributed by atoms with Crippen molar-refractivity contribution < 1.29 is 22.7 Å².